The molecule has 2 rings (SSSR count). The van der Waals surface area contributed by atoms with Crippen LogP contribution in [0.3, 0.4) is 0 Å². The van der Waals surface area contributed by atoms with E-state index in [0.717, 1.165) is 25.1 Å². The van der Waals surface area contributed by atoms with Gasteiger partial charge in [0.15, 0.2) is 0 Å². The van der Waals surface area contributed by atoms with Gasteiger partial charge in [0.25, 0.3) is 5.91 Å². The van der Waals surface area contributed by atoms with E-state index < -0.39 is 0 Å². The first kappa shape index (κ1) is 14.0. The number of piperidine rings is 1. The summed E-state index contributed by atoms with van der Waals surface area (Å²) in [5.74, 6) is -0.0228. The molecule has 5 nitrogen and oxygen atoms in total. The molecule has 1 aliphatic heterocycles. The topological polar surface area (TPSA) is 69.8 Å². The molecule has 1 aromatic heterocycles. The van der Waals surface area contributed by atoms with E-state index in [4.69, 9.17) is 0 Å². The molecule has 0 aliphatic carbocycles. The predicted molar refractivity (Wildman–Crippen MR) is 68.5 cm³/mol. The highest BCUT2D eigenvalue weighted by molar-refractivity contribution is 5.95. The molecule has 2 atom stereocenters. The molecule has 1 fully saturated rings. The van der Waals surface area contributed by atoms with Crippen molar-refractivity contribution in [3.63, 3.8) is 0 Å². The minimum atomic E-state index is -0.0228. The van der Waals surface area contributed by atoms with Crippen molar-refractivity contribution in [1.29, 1.82) is 0 Å². The maximum absolute atomic E-state index is 11.9. The van der Waals surface area contributed by atoms with Crippen LogP contribution in [-0.4, -0.2) is 34.7 Å². The molecule has 0 bridgehead atoms. The SMILES string of the molecule is Cc1[nH]ncc1C(=O)NC1CCNC(C)C1.Cl. The van der Waals surface area contributed by atoms with Crippen molar-refractivity contribution in [2.45, 2.75) is 38.8 Å². The number of aryl methyl sites for hydroxylation is 1. The van der Waals surface area contributed by atoms with Crippen molar-refractivity contribution in [3.8, 4) is 0 Å². The Hall–Kier alpha value is -1.07. The molecule has 3 N–H and O–H groups in total. The first-order valence-electron chi connectivity index (χ1n) is 5.71. The Balaban J connectivity index is 0.00000144. The van der Waals surface area contributed by atoms with Gasteiger partial charge in [-0.2, -0.15) is 5.10 Å². The predicted octanol–water partition coefficient (Wildman–Crippen LogP) is 1.01. The van der Waals surface area contributed by atoms with Crippen LogP contribution >= 0.6 is 12.4 Å². The van der Waals surface area contributed by atoms with Crippen LogP contribution in [0.25, 0.3) is 0 Å². The molecule has 96 valence electrons. The molecular formula is C11H19ClN4O. The van der Waals surface area contributed by atoms with E-state index in [1.54, 1.807) is 6.20 Å². The molecule has 0 spiro atoms. The normalized spacial score (nSPS) is 23.9. The lowest BCUT2D eigenvalue weighted by atomic mass is 10.0. The first-order chi connectivity index (χ1) is 7.66. The van der Waals surface area contributed by atoms with Crippen LogP contribution in [-0.2, 0) is 0 Å². The van der Waals surface area contributed by atoms with Crippen molar-refractivity contribution in [2.75, 3.05) is 6.54 Å². The number of carbonyl (C=O) groups is 1. The molecular weight excluding hydrogens is 240 g/mol. The van der Waals surface area contributed by atoms with Gasteiger partial charge >= 0.3 is 0 Å². The number of halogens is 1. The molecule has 1 aliphatic rings. The third-order valence-electron chi connectivity index (χ3n) is 3.03. The Labute approximate surface area is 107 Å². The van der Waals surface area contributed by atoms with Gasteiger partial charge in [-0.15, -0.1) is 12.4 Å². The Bertz CT molecular complexity index is 379. The number of carbonyl (C=O) groups excluding carboxylic acids is 1. The van der Waals surface area contributed by atoms with Crippen LogP contribution in [0.5, 0.6) is 0 Å². The number of H-pyrrole nitrogens is 1. The Morgan fingerprint density at radius 1 is 1.59 bits per heavy atom. The van der Waals surface area contributed by atoms with E-state index in [9.17, 15) is 4.79 Å². The zero-order chi connectivity index (χ0) is 11.5. The van der Waals surface area contributed by atoms with Gasteiger partial charge in [0, 0.05) is 17.8 Å². The van der Waals surface area contributed by atoms with Crippen molar-refractivity contribution < 1.29 is 4.79 Å². The minimum Gasteiger partial charge on any atom is -0.349 e. The monoisotopic (exact) mass is 258 g/mol. The van der Waals surface area contributed by atoms with E-state index in [1.807, 2.05) is 6.92 Å². The number of hydrogen-bond donors (Lipinski definition) is 3. The fourth-order valence-electron chi connectivity index (χ4n) is 2.11. The van der Waals surface area contributed by atoms with Crippen LogP contribution in [0.4, 0.5) is 0 Å². The Morgan fingerprint density at radius 3 is 2.94 bits per heavy atom. The lowest BCUT2D eigenvalue weighted by Crippen LogP contribution is -2.46. The standard InChI is InChI=1S/C11H18N4O.ClH/c1-7-5-9(3-4-12-7)14-11(16)10-6-13-15-8(10)2;/h6-7,9,12H,3-5H2,1-2H3,(H,13,15)(H,14,16);1H. The number of nitrogens with zero attached hydrogens (tertiary/aromatic N) is 1. The summed E-state index contributed by atoms with van der Waals surface area (Å²) in [6.07, 6.45) is 3.56. The van der Waals surface area contributed by atoms with E-state index in [2.05, 4.69) is 27.8 Å². The van der Waals surface area contributed by atoms with Crippen LogP contribution < -0.4 is 10.6 Å². The lowest BCUT2D eigenvalue weighted by Gasteiger charge is -2.28. The smallest absolute Gasteiger partial charge is 0.254 e. The fourth-order valence-corrected chi connectivity index (χ4v) is 2.11. The maximum atomic E-state index is 11.9. The van der Waals surface area contributed by atoms with Crippen LogP contribution in [0, 0.1) is 6.92 Å². The summed E-state index contributed by atoms with van der Waals surface area (Å²) in [7, 11) is 0. The minimum absolute atomic E-state index is 0. The third kappa shape index (κ3) is 3.44. The Morgan fingerprint density at radius 2 is 2.35 bits per heavy atom. The summed E-state index contributed by atoms with van der Waals surface area (Å²) in [6, 6.07) is 0.752. The van der Waals surface area contributed by atoms with Gasteiger partial charge < -0.3 is 10.6 Å². The molecule has 0 radical (unpaired) electrons. The van der Waals surface area contributed by atoms with E-state index in [1.165, 1.54) is 0 Å². The first-order valence-corrected chi connectivity index (χ1v) is 5.71. The highest BCUT2D eigenvalue weighted by atomic mass is 35.5. The summed E-state index contributed by atoms with van der Waals surface area (Å²) in [5, 5.41) is 13.0. The molecule has 1 amide bonds. The van der Waals surface area contributed by atoms with Crippen molar-refractivity contribution in [3.05, 3.63) is 17.5 Å². The molecule has 1 saturated heterocycles. The van der Waals surface area contributed by atoms with Gasteiger partial charge in [-0.3, -0.25) is 9.89 Å². The number of rotatable bonds is 2. The van der Waals surface area contributed by atoms with Gasteiger partial charge in [-0.1, -0.05) is 0 Å². The number of aromatic amines is 1. The largest absolute Gasteiger partial charge is 0.349 e. The maximum Gasteiger partial charge on any atom is 0.254 e. The molecule has 1 aromatic rings. The molecule has 6 heteroatoms. The van der Waals surface area contributed by atoms with Gasteiger partial charge in [0.1, 0.15) is 0 Å². The average molecular weight is 259 g/mol. The third-order valence-corrected chi connectivity index (χ3v) is 3.03. The van der Waals surface area contributed by atoms with Gasteiger partial charge in [0.05, 0.1) is 11.8 Å². The van der Waals surface area contributed by atoms with Gasteiger partial charge in [-0.25, -0.2) is 0 Å². The molecule has 2 heterocycles. The summed E-state index contributed by atoms with van der Waals surface area (Å²) in [6.45, 7) is 4.96. The van der Waals surface area contributed by atoms with Gasteiger partial charge in [0.2, 0.25) is 0 Å². The zero-order valence-corrected chi connectivity index (χ0v) is 10.9. The highest BCUT2D eigenvalue weighted by Crippen LogP contribution is 2.10. The number of aromatic nitrogens is 2. The van der Waals surface area contributed by atoms with Crippen LogP contribution in [0.1, 0.15) is 35.8 Å². The van der Waals surface area contributed by atoms with Gasteiger partial charge in [-0.05, 0) is 33.2 Å². The number of nitrogens with one attached hydrogen (secondary N) is 3. The summed E-state index contributed by atoms with van der Waals surface area (Å²) < 4.78 is 0. The van der Waals surface area contributed by atoms with E-state index in [-0.39, 0.29) is 24.4 Å². The molecule has 0 aromatic carbocycles. The average Bonchev–Trinajstić information content (AvgIpc) is 2.64. The summed E-state index contributed by atoms with van der Waals surface area (Å²) in [4.78, 5) is 11.9. The molecule has 2 unspecified atom stereocenters. The highest BCUT2D eigenvalue weighted by Gasteiger charge is 2.21. The van der Waals surface area contributed by atoms with Crippen LogP contribution in [0.2, 0.25) is 0 Å². The van der Waals surface area contributed by atoms with E-state index >= 15 is 0 Å². The van der Waals surface area contributed by atoms with E-state index in [0.29, 0.717) is 11.6 Å². The number of hydrogen-bond acceptors (Lipinski definition) is 3. The van der Waals surface area contributed by atoms with Crippen molar-refractivity contribution >= 4 is 18.3 Å². The number of amides is 1. The lowest BCUT2D eigenvalue weighted by molar-refractivity contribution is 0.0925. The summed E-state index contributed by atoms with van der Waals surface area (Å²) >= 11 is 0. The fraction of sp³-hybridized carbons (Fsp3) is 0.636. The second-order valence-corrected chi connectivity index (χ2v) is 4.46. The van der Waals surface area contributed by atoms with Crippen LogP contribution in [0.15, 0.2) is 6.20 Å². The quantitative estimate of drug-likeness (QED) is 0.742. The van der Waals surface area contributed by atoms with Crippen molar-refractivity contribution in [1.82, 2.24) is 20.8 Å². The second kappa shape index (κ2) is 6.02. The zero-order valence-electron chi connectivity index (χ0n) is 10.1. The van der Waals surface area contributed by atoms with Crippen molar-refractivity contribution in [2.24, 2.45) is 0 Å². The summed E-state index contributed by atoms with van der Waals surface area (Å²) in [5.41, 5.74) is 1.46. The molecule has 0 saturated carbocycles. The molecule has 17 heavy (non-hydrogen) atoms. The Kier molecular flexibility index (Phi) is 4.96. The second-order valence-electron chi connectivity index (χ2n) is 4.46.